The molecule has 6 nitrogen and oxygen atoms in total. The second-order valence-electron chi connectivity index (χ2n) is 5.96. The molecule has 2 unspecified atom stereocenters. The molecule has 0 saturated carbocycles. The smallest absolute Gasteiger partial charge is 0.191 e. The minimum absolute atomic E-state index is 0. The van der Waals surface area contributed by atoms with Crippen molar-refractivity contribution in [1.29, 1.82) is 0 Å². The van der Waals surface area contributed by atoms with Gasteiger partial charge < -0.3 is 15.4 Å². The van der Waals surface area contributed by atoms with Crippen LogP contribution >= 0.6 is 24.0 Å². The van der Waals surface area contributed by atoms with Crippen LogP contribution < -0.4 is 15.4 Å². The average Bonchev–Trinajstić information content (AvgIpc) is 2.89. The number of ether oxygens (including phenoxy) is 1. The number of hydrogen-bond acceptors (Lipinski definition) is 4. The van der Waals surface area contributed by atoms with Crippen molar-refractivity contribution in [3.05, 3.63) is 30.1 Å². The standard InChI is InChI=1S/C16H24FN3O3S.HI/c1-12(23-15-6-4-3-5-14(15)17)9-19-16(18-2)20-10-13-7-8-24(21,22)11-13;/h3-6,12-13H,7-11H2,1-2H3,(H2,18,19,20);1H. The fraction of sp³-hybridized carbons (Fsp3) is 0.562. The Balaban J connectivity index is 0.00000312. The molecule has 1 fully saturated rings. The minimum Gasteiger partial charge on any atom is -0.486 e. The molecule has 1 saturated heterocycles. The number of hydrogen-bond donors (Lipinski definition) is 2. The fourth-order valence-electron chi connectivity index (χ4n) is 2.53. The average molecular weight is 485 g/mol. The van der Waals surface area contributed by atoms with E-state index in [1.807, 2.05) is 6.92 Å². The summed E-state index contributed by atoms with van der Waals surface area (Å²) in [4.78, 5) is 4.10. The summed E-state index contributed by atoms with van der Waals surface area (Å²) in [5, 5.41) is 6.22. The molecule has 2 atom stereocenters. The van der Waals surface area contributed by atoms with E-state index in [1.165, 1.54) is 6.07 Å². The summed E-state index contributed by atoms with van der Waals surface area (Å²) in [5.74, 6) is 0.993. The molecule has 25 heavy (non-hydrogen) atoms. The molecular weight excluding hydrogens is 460 g/mol. The number of para-hydroxylation sites is 1. The van der Waals surface area contributed by atoms with Crippen molar-refractivity contribution in [2.75, 3.05) is 31.6 Å². The molecule has 0 amide bonds. The lowest BCUT2D eigenvalue weighted by molar-refractivity contribution is 0.214. The Kier molecular flexibility index (Phi) is 8.91. The SMILES string of the molecule is CN=C(NCC1CCS(=O)(=O)C1)NCC(C)Oc1ccccc1F.I. The van der Waals surface area contributed by atoms with Crippen molar-refractivity contribution in [1.82, 2.24) is 10.6 Å². The van der Waals surface area contributed by atoms with E-state index in [9.17, 15) is 12.8 Å². The van der Waals surface area contributed by atoms with Gasteiger partial charge in [0.1, 0.15) is 6.10 Å². The Hall–Kier alpha value is -1.10. The molecule has 1 heterocycles. The molecule has 1 aliphatic heterocycles. The predicted molar refractivity (Wildman–Crippen MR) is 108 cm³/mol. The van der Waals surface area contributed by atoms with Gasteiger partial charge in [-0.15, -0.1) is 24.0 Å². The van der Waals surface area contributed by atoms with Crippen molar-refractivity contribution in [2.24, 2.45) is 10.9 Å². The molecule has 1 aliphatic rings. The van der Waals surface area contributed by atoms with E-state index in [2.05, 4.69) is 15.6 Å². The van der Waals surface area contributed by atoms with Crippen LogP contribution in [0, 0.1) is 11.7 Å². The van der Waals surface area contributed by atoms with Crippen LogP contribution in [0.5, 0.6) is 5.75 Å². The van der Waals surface area contributed by atoms with Crippen LogP contribution in [0.4, 0.5) is 4.39 Å². The number of sulfone groups is 1. The molecule has 1 aromatic rings. The van der Waals surface area contributed by atoms with Crippen molar-refractivity contribution in [2.45, 2.75) is 19.4 Å². The third-order valence-corrected chi connectivity index (χ3v) is 5.67. The molecule has 0 spiro atoms. The zero-order valence-electron chi connectivity index (χ0n) is 14.4. The number of nitrogens with one attached hydrogen (secondary N) is 2. The summed E-state index contributed by atoms with van der Waals surface area (Å²) in [6.07, 6.45) is 0.423. The summed E-state index contributed by atoms with van der Waals surface area (Å²) in [6, 6.07) is 6.26. The Morgan fingerprint density at radius 2 is 2.12 bits per heavy atom. The number of aliphatic imine (C=N–C) groups is 1. The van der Waals surface area contributed by atoms with Gasteiger partial charge >= 0.3 is 0 Å². The van der Waals surface area contributed by atoms with Crippen LogP contribution in [-0.4, -0.2) is 52.1 Å². The molecule has 142 valence electrons. The van der Waals surface area contributed by atoms with Crippen LogP contribution in [0.25, 0.3) is 0 Å². The topological polar surface area (TPSA) is 79.8 Å². The van der Waals surface area contributed by atoms with E-state index in [0.29, 0.717) is 25.5 Å². The first-order valence-electron chi connectivity index (χ1n) is 7.96. The highest BCUT2D eigenvalue weighted by Gasteiger charge is 2.27. The molecule has 9 heteroatoms. The summed E-state index contributed by atoms with van der Waals surface area (Å²) >= 11 is 0. The first-order valence-corrected chi connectivity index (χ1v) is 9.78. The number of rotatable bonds is 6. The summed E-state index contributed by atoms with van der Waals surface area (Å²) in [6.45, 7) is 2.83. The number of halogens is 2. The summed E-state index contributed by atoms with van der Waals surface area (Å²) in [7, 11) is -1.23. The van der Waals surface area contributed by atoms with E-state index in [4.69, 9.17) is 4.74 Å². The van der Waals surface area contributed by atoms with E-state index >= 15 is 0 Å². The quantitative estimate of drug-likeness (QED) is 0.365. The van der Waals surface area contributed by atoms with Crippen LogP contribution in [0.2, 0.25) is 0 Å². The van der Waals surface area contributed by atoms with E-state index < -0.39 is 15.7 Å². The van der Waals surface area contributed by atoms with Gasteiger partial charge in [0.25, 0.3) is 0 Å². The lowest BCUT2D eigenvalue weighted by Gasteiger charge is -2.19. The van der Waals surface area contributed by atoms with Crippen molar-refractivity contribution < 1.29 is 17.5 Å². The van der Waals surface area contributed by atoms with Gasteiger partial charge in [0.15, 0.2) is 27.4 Å². The van der Waals surface area contributed by atoms with Crippen LogP contribution in [-0.2, 0) is 9.84 Å². The summed E-state index contributed by atoms with van der Waals surface area (Å²) in [5.41, 5.74) is 0. The molecular formula is C16H25FIN3O3S. The Morgan fingerprint density at radius 3 is 2.72 bits per heavy atom. The summed E-state index contributed by atoms with van der Waals surface area (Å²) < 4.78 is 42.0. The first kappa shape index (κ1) is 21.9. The first-order chi connectivity index (χ1) is 11.4. The highest BCUT2D eigenvalue weighted by atomic mass is 127. The largest absolute Gasteiger partial charge is 0.486 e. The van der Waals surface area contributed by atoms with Crippen LogP contribution in [0.3, 0.4) is 0 Å². The molecule has 0 aromatic heterocycles. The van der Waals surface area contributed by atoms with Gasteiger partial charge in [-0.3, -0.25) is 4.99 Å². The van der Waals surface area contributed by atoms with Gasteiger partial charge in [0.2, 0.25) is 0 Å². The highest BCUT2D eigenvalue weighted by molar-refractivity contribution is 14.0. The van der Waals surface area contributed by atoms with E-state index in [-0.39, 0.29) is 53.3 Å². The Labute approximate surface area is 165 Å². The molecule has 0 bridgehead atoms. The molecule has 0 aliphatic carbocycles. The molecule has 2 rings (SSSR count). The van der Waals surface area contributed by atoms with Gasteiger partial charge in [-0.05, 0) is 31.4 Å². The number of benzene rings is 1. The Bertz CT molecular complexity index is 685. The second kappa shape index (κ2) is 10.1. The van der Waals surface area contributed by atoms with Crippen molar-refractivity contribution in [3.63, 3.8) is 0 Å². The van der Waals surface area contributed by atoms with Gasteiger partial charge in [0, 0.05) is 13.6 Å². The lowest BCUT2D eigenvalue weighted by atomic mass is 10.1. The molecule has 1 aromatic carbocycles. The normalized spacial score (nSPS) is 20.4. The number of guanidine groups is 1. The number of nitrogens with zero attached hydrogens (tertiary/aromatic N) is 1. The van der Waals surface area contributed by atoms with Gasteiger partial charge in [-0.25, -0.2) is 12.8 Å². The maximum Gasteiger partial charge on any atom is 0.191 e. The van der Waals surface area contributed by atoms with Gasteiger partial charge in [-0.2, -0.15) is 0 Å². The molecule has 0 radical (unpaired) electrons. The van der Waals surface area contributed by atoms with Gasteiger partial charge in [-0.1, -0.05) is 12.1 Å². The van der Waals surface area contributed by atoms with Crippen LogP contribution in [0.1, 0.15) is 13.3 Å². The zero-order valence-corrected chi connectivity index (χ0v) is 17.5. The monoisotopic (exact) mass is 485 g/mol. The third-order valence-electron chi connectivity index (χ3n) is 3.83. The zero-order chi connectivity index (χ0) is 17.6. The fourth-order valence-corrected chi connectivity index (χ4v) is 4.40. The van der Waals surface area contributed by atoms with Crippen LogP contribution in [0.15, 0.2) is 29.3 Å². The second-order valence-corrected chi connectivity index (χ2v) is 8.19. The van der Waals surface area contributed by atoms with E-state index in [1.54, 1.807) is 25.2 Å². The predicted octanol–water partition coefficient (Wildman–Crippen LogP) is 1.81. The minimum atomic E-state index is -2.87. The van der Waals surface area contributed by atoms with Crippen molar-refractivity contribution in [3.8, 4) is 5.75 Å². The lowest BCUT2D eigenvalue weighted by Crippen LogP contribution is -2.43. The van der Waals surface area contributed by atoms with Gasteiger partial charge in [0.05, 0.1) is 18.1 Å². The maximum absolute atomic E-state index is 13.5. The van der Waals surface area contributed by atoms with E-state index in [0.717, 1.165) is 0 Å². The third kappa shape index (κ3) is 7.35. The molecule has 2 N–H and O–H groups in total. The Morgan fingerprint density at radius 1 is 1.40 bits per heavy atom. The maximum atomic E-state index is 13.5. The van der Waals surface area contributed by atoms with Crippen molar-refractivity contribution >= 4 is 39.8 Å². The highest BCUT2D eigenvalue weighted by Crippen LogP contribution is 2.17.